The quantitative estimate of drug-likeness (QED) is 0.477. The van der Waals surface area contributed by atoms with Crippen LogP contribution in [0.4, 0.5) is 0 Å². The Morgan fingerprint density at radius 2 is 1.64 bits per heavy atom. The minimum atomic E-state index is -0.671. The SMILES string of the molecule is CCOC(=O)CC(CN(C)C(C)C(=O)c1ccccc1)C(=O)OCC. The molecule has 0 saturated heterocycles. The van der Waals surface area contributed by atoms with Crippen LogP contribution in [0.1, 0.15) is 37.6 Å². The number of carbonyl (C=O) groups is 3. The van der Waals surface area contributed by atoms with Gasteiger partial charge in [0, 0.05) is 12.1 Å². The maximum atomic E-state index is 12.5. The number of nitrogens with zero attached hydrogens (tertiary/aromatic N) is 1. The number of ketones is 1. The van der Waals surface area contributed by atoms with E-state index in [1.807, 2.05) is 18.2 Å². The van der Waals surface area contributed by atoms with Gasteiger partial charge in [-0.05, 0) is 27.8 Å². The molecule has 2 atom stereocenters. The van der Waals surface area contributed by atoms with Gasteiger partial charge in [-0.3, -0.25) is 19.3 Å². The lowest BCUT2D eigenvalue weighted by atomic mass is 10.0. The van der Waals surface area contributed by atoms with Crippen LogP contribution in [0.5, 0.6) is 0 Å². The van der Waals surface area contributed by atoms with Gasteiger partial charge in [-0.1, -0.05) is 30.3 Å². The third kappa shape index (κ3) is 6.66. The molecule has 0 heterocycles. The van der Waals surface area contributed by atoms with Crippen LogP contribution in [0.15, 0.2) is 30.3 Å². The zero-order valence-corrected chi connectivity index (χ0v) is 15.4. The van der Waals surface area contributed by atoms with E-state index < -0.39 is 23.9 Å². The van der Waals surface area contributed by atoms with Crippen molar-refractivity contribution < 1.29 is 23.9 Å². The number of carbonyl (C=O) groups excluding carboxylic acids is 3. The summed E-state index contributed by atoms with van der Waals surface area (Å²) in [5.74, 6) is -1.62. The van der Waals surface area contributed by atoms with E-state index in [1.165, 1.54) is 0 Å². The van der Waals surface area contributed by atoms with Gasteiger partial charge in [-0.2, -0.15) is 0 Å². The van der Waals surface area contributed by atoms with E-state index in [2.05, 4.69) is 0 Å². The molecule has 1 rings (SSSR count). The molecule has 0 amide bonds. The Balaban J connectivity index is 2.78. The topological polar surface area (TPSA) is 72.9 Å². The largest absolute Gasteiger partial charge is 0.466 e. The Kier molecular flexibility index (Phi) is 8.84. The second kappa shape index (κ2) is 10.6. The number of ether oxygens (including phenoxy) is 2. The minimum absolute atomic E-state index is 0.0400. The maximum absolute atomic E-state index is 12.5. The molecule has 6 heteroatoms. The monoisotopic (exact) mass is 349 g/mol. The van der Waals surface area contributed by atoms with Crippen LogP contribution in [0.2, 0.25) is 0 Å². The van der Waals surface area contributed by atoms with Crippen molar-refractivity contribution in [3.05, 3.63) is 35.9 Å². The van der Waals surface area contributed by atoms with Gasteiger partial charge in [-0.15, -0.1) is 0 Å². The summed E-state index contributed by atoms with van der Waals surface area (Å²) in [5.41, 5.74) is 0.611. The second-order valence-electron chi connectivity index (χ2n) is 5.80. The van der Waals surface area contributed by atoms with Crippen LogP contribution in [0.3, 0.4) is 0 Å². The third-order valence-corrected chi connectivity index (χ3v) is 3.95. The summed E-state index contributed by atoms with van der Waals surface area (Å²) in [6, 6.07) is 8.55. The summed E-state index contributed by atoms with van der Waals surface area (Å²) >= 11 is 0. The fourth-order valence-corrected chi connectivity index (χ4v) is 2.45. The first-order valence-electron chi connectivity index (χ1n) is 8.52. The smallest absolute Gasteiger partial charge is 0.310 e. The lowest BCUT2D eigenvalue weighted by Gasteiger charge is -2.27. The Morgan fingerprint density at radius 3 is 2.20 bits per heavy atom. The van der Waals surface area contributed by atoms with Crippen LogP contribution in [0.25, 0.3) is 0 Å². The number of esters is 2. The molecular formula is C19H27NO5. The van der Waals surface area contributed by atoms with E-state index in [9.17, 15) is 14.4 Å². The molecule has 1 aromatic rings. The lowest BCUT2D eigenvalue weighted by Crippen LogP contribution is -2.41. The van der Waals surface area contributed by atoms with Crippen molar-refractivity contribution >= 4 is 17.7 Å². The highest BCUT2D eigenvalue weighted by Crippen LogP contribution is 2.14. The average molecular weight is 349 g/mol. The fraction of sp³-hybridized carbons (Fsp3) is 0.526. The highest BCUT2D eigenvalue weighted by Gasteiger charge is 2.29. The van der Waals surface area contributed by atoms with Gasteiger partial charge >= 0.3 is 11.9 Å². The van der Waals surface area contributed by atoms with Crippen molar-refractivity contribution in [3.63, 3.8) is 0 Å². The minimum Gasteiger partial charge on any atom is -0.466 e. The predicted octanol–water partition coefficient (Wildman–Crippen LogP) is 2.32. The summed E-state index contributed by atoms with van der Waals surface area (Å²) in [6.45, 7) is 5.93. The average Bonchev–Trinajstić information content (AvgIpc) is 2.61. The molecule has 2 unspecified atom stereocenters. The Labute approximate surface area is 149 Å². The fourth-order valence-electron chi connectivity index (χ4n) is 2.45. The normalized spacial score (nSPS) is 13.2. The van der Waals surface area contributed by atoms with Crippen LogP contribution in [-0.4, -0.2) is 55.5 Å². The number of likely N-dealkylation sites (N-methyl/N-ethyl adjacent to an activating group) is 1. The van der Waals surface area contributed by atoms with E-state index in [0.717, 1.165) is 0 Å². The molecule has 0 spiro atoms. The standard InChI is InChI=1S/C19H27NO5/c1-5-24-17(21)12-16(19(23)25-6-2)13-20(4)14(3)18(22)15-10-8-7-9-11-15/h7-11,14,16H,5-6,12-13H2,1-4H3. The van der Waals surface area contributed by atoms with Crippen molar-refractivity contribution in [1.82, 2.24) is 4.90 Å². The molecule has 138 valence electrons. The summed E-state index contributed by atoms with van der Waals surface area (Å²) in [4.78, 5) is 38.2. The molecule has 25 heavy (non-hydrogen) atoms. The van der Waals surface area contributed by atoms with Gasteiger partial charge < -0.3 is 9.47 Å². The Morgan fingerprint density at radius 1 is 1.04 bits per heavy atom. The molecule has 0 bridgehead atoms. The number of Topliss-reactive ketones (excluding diaryl/α,β-unsaturated/α-hetero) is 1. The molecule has 0 N–H and O–H groups in total. The number of hydrogen-bond acceptors (Lipinski definition) is 6. The molecule has 0 radical (unpaired) electrons. The zero-order chi connectivity index (χ0) is 18.8. The van der Waals surface area contributed by atoms with Crippen LogP contribution in [-0.2, 0) is 19.1 Å². The van der Waals surface area contributed by atoms with Crippen LogP contribution < -0.4 is 0 Å². The predicted molar refractivity (Wildman–Crippen MR) is 94.2 cm³/mol. The molecule has 6 nitrogen and oxygen atoms in total. The zero-order valence-electron chi connectivity index (χ0n) is 15.4. The van der Waals surface area contributed by atoms with E-state index in [-0.39, 0.29) is 32.0 Å². The van der Waals surface area contributed by atoms with Crippen molar-refractivity contribution in [2.75, 3.05) is 26.8 Å². The van der Waals surface area contributed by atoms with Crippen molar-refractivity contribution in [1.29, 1.82) is 0 Å². The van der Waals surface area contributed by atoms with Crippen LogP contribution >= 0.6 is 0 Å². The number of hydrogen-bond donors (Lipinski definition) is 0. The summed E-state index contributed by atoms with van der Waals surface area (Å²) in [7, 11) is 1.75. The Hall–Kier alpha value is -2.21. The van der Waals surface area contributed by atoms with Gasteiger partial charge in [0.1, 0.15) is 0 Å². The van der Waals surface area contributed by atoms with Gasteiger partial charge in [-0.25, -0.2) is 0 Å². The molecule has 0 aliphatic rings. The molecule has 1 aromatic carbocycles. The maximum Gasteiger partial charge on any atom is 0.310 e. The van der Waals surface area contributed by atoms with Gasteiger partial charge in [0.15, 0.2) is 5.78 Å². The third-order valence-electron chi connectivity index (χ3n) is 3.95. The Bertz CT molecular complexity index is 572. The summed E-state index contributed by atoms with van der Waals surface area (Å²) in [5, 5.41) is 0. The van der Waals surface area contributed by atoms with Gasteiger partial charge in [0.25, 0.3) is 0 Å². The second-order valence-corrected chi connectivity index (χ2v) is 5.80. The summed E-state index contributed by atoms with van der Waals surface area (Å²) in [6.07, 6.45) is -0.0662. The molecule has 0 aromatic heterocycles. The number of rotatable bonds is 10. The highest BCUT2D eigenvalue weighted by molar-refractivity contribution is 5.99. The van der Waals surface area contributed by atoms with Gasteiger partial charge in [0.2, 0.25) is 0 Å². The molecular weight excluding hydrogens is 322 g/mol. The first-order valence-corrected chi connectivity index (χ1v) is 8.52. The van der Waals surface area contributed by atoms with E-state index in [1.54, 1.807) is 44.9 Å². The van der Waals surface area contributed by atoms with E-state index >= 15 is 0 Å². The molecule has 0 saturated carbocycles. The first kappa shape index (κ1) is 20.8. The van der Waals surface area contributed by atoms with E-state index in [4.69, 9.17) is 9.47 Å². The van der Waals surface area contributed by atoms with Gasteiger partial charge in [0.05, 0.1) is 31.6 Å². The van der Waals surface area contributed by atoms with Crippen molar-refractivity contribution in [2.24, 2.45) is 5.92 Å². The first-order chi connectivity index (χ1) is 11.9. The van der Waals surface area contributed by atoms with Crippen molar-refractivity contribution in [2.45, 2.75) is 33.2 Å². The van der Waals surface area contributed by atoms with E-state index in [0.29, 0.717) is 5.56 Å². The molecule has 0 fully saturated rings. The number of benzene rings is 1. The lowest BCUT2D eigenvalue weighted by molar-refractivity contribution is -0.155. The molecule has 0 aliphatic carbocycles. The van der Waals surface area contributed by atoms with Crippen molar-refractivity contribution in [3.8, 4) is 0 Å². The summed E-state index contributed by atoms with van der Waals surface area (Å²) < 4.78 is 9.98. The molecule has 0 aliphatic heterocycles. The highest BCUT2D eigenvalue weighted by atomic mass is 16.5. The van der Waals surface area contributed by atoms with Crippen LogP contribution in [0, 0.1) is 5.92 Å².